The standard InChI is InChI=1S/C13H14BrN3O2/c1-7-11(14)12(15)17-13(16-7)8-4-9(18-2)6-10(5-8)19-3/h4-6H,1-3H3,(H2,15,16,17). The quantitative estimate of drug-likeness (QED) is 0.940. The molecular weight excluding hydrogens is 310 g/mol. The van der Waals surface area contributed by atoms with Gasteiger partial charge in [-0.25, -0.2) is 9.97 Å². The molecular formula is C13H14BrN3O2. The van der Waals surface area contributed by atoms with E-state index < -0.39 is 0 Å². The molecule has 6 heteroatoms. The van der Waals surface area contributed by atoms with Gasteiger partial charge in [0, 0.05) is 11.6 Å². The maximum Gasteiger partial charge on any atom is 0.162 e. The second-order valence-electron chi connectivity index (χ2n) is 3.93. The van der Waals surface area contributed by atoms with E-state index in [1.54, 1.807) is 20.3 Å². The summed E-state index contributed by atoms with van der Waals surface area (Å²) in [6, 6.07) is 5.47. The first kappa shape index (κ1) is 13.6. The largest absolute Gasteiger partial charge is 0.497 e. The molecule has 1 aromatic carbocycles. The fourth-order valence-electron chi connectivity index (χ4n) is 1.65. The van der Waals surface area contributed by atoms with Gasteiger partial charge >= 0.3 is 0 Å². The van der Waals surface area contributed by atoms with Crippen LogP contribution >= 0.6 is 15.9 Å². The number of anilines is 1. The number of halogens is 1. The first-order valence-corrected chi connectivity index (χ1v) is 6.37. The molecule has 0 unspecified atom stereocenters. The zero-order chi connectivity index (χ0) is 14.0. The predicted molar refractivity (Wildman–Crippen MR) is 77.4 cm³/mol. The molecule has 0 fully saturated rings. The average molecular weight is 324 g/mol. The fourth-order valence-corrected chi connectivity index (χ4v) is 1.82. The number of methoxy groups -OCH3 is 2. The lowest BCUT2D eigenvalue weighted by atomic mass is 10.2. The van der Waals surface area contributed by atoms with Gasteiger partial charge in [0.05, 0.1) is 24.4 Å². The molecule has 0 spiro atoms. The van der Waals surface area contributed by atoms with Gasteiger partial charge in [-0.3, -0.25) is 0 Å². The summed E-state index contributed by atoms with van der Waals surface area (Å²) in [6.45, 7) is 1.86. The van der Waals surface area contributed by atoms with E-state index in [-0.39, 0.29) is 0 Å². The van der Waals surface area contributed by atoms with E-state index in [0.29, 0.717) is 27.6 Å². The number of nitrogens with zero attached hydrogens (tertiary/aromatic N) is 2. The molecule has 0 radical (unpaired) electrons. The first-order chi connectivity index (χ1) is 9.05. The van der Waals surface area contributed by atoms with Crippen molar-refractivity contribution in [2.24, 2.45) is 0 Å². The maximum atomic E-state index is 5.84. The van der Waals surface area contributed by atoms with Gasteiger partial charge in [-0.1, -0.05) is 0 Å². The van der Waals surface area contributed by atoms with Crippen molar-refractivity contribution in [1.29, 1.82) is 0 Å². The second kappa shape index (κ2) is 5.44. The molecule has 0 atom stereocenters. The normalized spacial score (nSPS) is 10.3. The Hall–Kier alpha value is -1.82. The number of nitrogen functional groups attached to an aromatic ring is 1. The molecule has 2 N–H and O–H groups in total. The summed E-state index contributed by atoms with van der Waals surface area (Å²) in [5.74, 6) is 2.30. The molecule has 2 rings (SSSR count). The van der Waals surface area contributed by atoms with E-state index >= 15 is 0 Å². The minimum atomic E-state index is 0.407. The van der Waals surface area contributed by atoms with Crippen molar-refractivity contribution < 1.29 is 9.47 Å². The monoisotopic (exact) mass is 323 g/mol. The SMILES string of the molecule is COc1cc(OC)cc(-c2nc(C)c(Br)c(N)n2)c1. The van der Waals surface area contributed by atoms with E-state index in [0.717, 1.165) is 11.3 Å². The molecule has 5 nitrogen and oxygen atoms in total. The van der Waals surface area contributed by atoms with E-state index in [1.165, 1.54) is 0 Å². The van der Waals surface area contributed by atoms with Gasteiger partial charge in [-0.15, -0.1) is 0 Å². The van der Waals surface area contributed by atoms with Gasteiger partial charge in [-0.2, -0.15) is 0 Å². The van der Waals surface area contributed by atoms with Crippen molar-refractivity contribution in [1.82, 2.24) is 9.97 Å². The number of aryl methyl sites for hydroxylation is 1. The minimum absolute atomic E-state index is 0.407. The summed E-state index contributed by atoms with van der Waals surface area (Å²) >= 11 is 3.34. The zero-order valence-electron chi connectivity index (χ0n) is 10.9. The van der Waals surface area contributed by atoms with E-state index in [1.807, 2.05) is 19.1 Å². The molecule has 0 aliphatic rings. The Balaban J connectivity index is 2.58. The van der Waals surface area contributed by atoms with Crippen LogP contribution in [0.3, 0.4) is 0 Å². The highest BCUT2D eigenvalue weighted by atomic mass is 79.9. The highest BCUT2D eigenvalue weighted by Crippen LogP contribution is 2.30. The van der Waals surface area contributed by atoms with E-state index in [9.17, 15) is 0 Å². The van der Waals surface area contributed by atoms with Gasteiger partial charge in [0.2, 0.25) is 0 Å². The summed E-state index contributed by atoms with van der Waals surface area (Å²) in [5.41, 5.74) is 7.41. The zero-order valence-corrected chi connectivity index (χ0v) is 12.5. The Kier molecular flexibility index (Phi) is 3.90. The molecule has 0 bridgehead atoms. The number of rotatable bonds is 3. The molecule has 0 saturated carbocycles. The first-order valence-electron chi connectivity index (χ1n) is 5.58. The van der Waals surface area contributed by atoms with Crippen LogP contribution in [0.1, 0.15) is 5.69 Å². The van der Waals surface area contributed by atoms with E-state index in [2.05, 4.69) is 25.9 Å². The van der Waals surface area contributed by atoms with Crippen LogP contribution in [-0.4, -0.2) is 24.2 Å². The fraction of sp³-hybridized carbons (Fsp3) is 0.231. The second-order valence-corrected chi connectivity index (χ2v) is 4.73. The highest BCUT2D eigenvalue weighted by Gasteiger charge is 2.11. The lowest BCUT2D eigenvalue weighted by Crippen LogP contribution is -2.00. The Morgan fingerprint density at radius 3 is 2.11 bits per heavy atom. The molecule has 2 aromatic rings. The lowest BCUT2D eigenvalue weighted by Gasteiger charge is -2.09. The third-order valence-corrected chi connectivity index (χ3v) is 3.63. The van der Waals surface area contributed by atoms with Gasteiger partial charge < -0.3 is 15.2 Å². The van der Waals surface area contributed by atoms with Crippen LogP contribution in [0.2, 0.25) is 0 Å². The molecule has 0 aliphatic heterocycles. The number of nitrogens with two attached hydrogens (primary N) is 1. The van der Waals surface area contributed by atoms with Crippen molar-refractivity contribution in [3.63, 3.8) is 0 Å². The van der Waals surface area contributed by atoms with Crippen LogP contribution in [0.15, 0.2) is 22.7 Å². The maximum absolute atomic E-state index is 5.84. The smallest absolute Gasteiger partial charge is 0.162 e. The summed E-state index contributed by atoms with van der Waals surface area (Å²) < 4.78 is 11.2. The van der Waals surface area contributed by atoms with Crippen LogP contribution in [-0.2, 0) is 0 Å². The third-order valence-electron chi connectivity index (χ3n) is 2.65. The molecule has 1 heterocycles. The Labute approximate surface area is 119 Å². The Bertz CT molecular complexity index is 572. The topological polar surface area (TPSA) is 70.3 Å². The van der Waals surface area contributed by atoms with Gasteiger partial charge in [-0.05, 0) is 35.0 Å². The number of benzene rings is 1. The van der Waals surface area contributed by atoms with Crippen molar-refractivity contribution in [3.8, 4) is 22.9 Å². The molecule has 0 saturated heterocycles. The third kappa shape index (κ3) is 2.78. The molecule has 19 heavy (non-hydrogen) atoms. The van der Waals surface area contributed by atoms with Crippen LogP contribution in [0, 0.1) is 6.92 Å². The van der Waals surface area contributed by atoms with Crippen LogP contribution in [0.25, 0.3) is 11.4 Å². The Morgan fingerprint density at radius 2 is 1.63 bits per heavy atom. The highest BCUT2D eigenvalue weighted by molar-refractivity contribution is 9.10. The van der Waals surface area contributed by atoms with Crippen LogP contribution in [0.5, 0.6) is 11.5 Å². The Morgan fingerprint density at radius 1 is 1.05 bits per heavy atom. The predicted octanol–water partition coefficient (Wildman–Crippen LogP) is 2.81. The van der Waals surface area contributed by atoms with Crippen LogP contribution < -0.4 is 15.2 Å². The molecule has 0 amide bonds. The number of hydrogen-bond donors (Lipinski definition) is 1. The molecule has 1 aromatic heterocycles. The van der Waals surface area contributed by atoms with Gasteiger partial charge in [0.1, 0.15) is 17.3 Å². The minimum Gasteiger partial charge on any atom is -0.497 e. The van der Waals surface area contributed by atoms with Crippen LogP contribution in [0.4, 0.5) is 5.82 Å². The summed E-state index contributed by atoms with van der Waals surface area (Å²) in [4.78, 5) is 8.67. The van der Waals surface area contributed by atoms with Crippen molar-refractivity contribution in [2.75, 3.05) is 20.0 Å². The summed E-state index contributed by atoms with van der Waals surface area (Å²) in [6.07, 6.45) is 0. The van der Waals surface area contributed by atoms with Gasteiger partial charge in [0.15, 0.2) is 5.82 Å². The number of aromatic nitrogens is 2. The number of ether oxygens (including phenoxy) is 2. The molecule has 0 aliphatic carbocycles. The average Bonchev–Trinajstić information content (AvgIpc) is 2.43. The lowest BCUT2D eigenvalue weighted by molar-refractivity contribution is 0.394. The number of hydrogen-bond acceptors (Lipinski definition) is 5. The summed E-state index contributed by atoms with van der Waals surface area (Å²) in [5, 5.41) is 0. The van der Waals surface area contributed by atoms with Crippen molar-refractivity contribution in [3.05, 3.63) is 28.4 Å². The van der Waals surface area contributed by atoms with Crippen molar-refractivity contribution in [2.45, 2.75) is 6.92 Å². The summed E-state index contributed by atoms with van der Waals surface area (Å²) in [7, 11) is 3.20. The van der Waals surface area contributed by atoms with Crippen molar-refractivity contribution >= 4 is 21.7 Å². The molecule has 100 valence electrons. The van der Waals surface area contributed by atoms with Gasteiger partial charge in [0.25, 0.3) is 0 Å². The van der Waals surface area contributed by atoms with E-state index in [4.69, 9.17) is 15.2 Å².